The Bertz CT molecular complexity index is 660. The molecule has 1 aromatic carbocycles. The summed E-state index contributed by atoms with van der Waals surface area (Å²) in [6.45, 7) is 2.68. The predicted octanol–water partition coefficient (Wildman–Crippen LogP) is 3.55. The first kappa shape index (κ1) is 18.9. The summed E-state index contributed by atoms with van der Waals surface area (Å²) in [5.74, 6) is -2.06. The van der Waals surface area contributed by atoms with Crippen molar-refractivity contribution in [3.8, 4) is 0 Å². The Morgan fingerprint density at radius 2 is 1.88 bits per heavy atom. The lowest BCUT2D eigenvalue weighted by Crippen LogP contribution is -2.28. The van der Waals surface area contributed by atoms with Crippen LogP contribution in [0.25, 0.3) is 0 Å². The number of carboxylic acid groups (broad SMARTS) is 2. The van der Waals surface area contributed by atoms with Gasteiger partial charge in [-0.15, -0.1) is 0 Å². The molecule has 1 unspecified atom stereocenters. The summed E-state index contributed by atoms with van der Waals surface area (Å²) < 4.78 is 0. The number of piperidine rings is 1. The third-order valence-corrected chi connectivity index (χ3v) is 4.59. The van der Waals surface area contributed by atoms with E-state index in [0.717, 1.165) is 0 Å². The van der Waals surface area contributed by atoms with Crippen molar-refractivity contribution < 1.29 is 19.8 Å². The molecule has 134 valence electrons. The molecule has 1 fully saturated rings. The number of hydrogen-bond acceptors (Lipinski definition) is 3. The lowest BCUT2D eigenvalue weighted by Gasteiger charge is -2.23. The maximum absolute atomic E-state index is 10.8. The Kier molecular flexibility index (Phi) is 6.53. The third-order valence-electron chi connectivity index (χ3n) is 4.59. The highest BCUT2D eigenvalue weighted by Crippen LogP contribution is 2.31. The first-order valence-electron chi connectivity index (χ1n) is 8.56. The van der Waals surface area contributed by atoms with Crippen molar-refractivity contribution in [1.82, 2.24) is 5.32 Å². The normalized spacial score (nSPS) is 25.3. The molecule has 2 aliphatic rings. The van der Waals surface area contributed by atoms with Crippen LogP contribution >= 0.6 is 0 Å². The Labute approximate surface area is 148 Å². The van der Waals surface area contributed by atoms with Crippen molar-refractivity contribution in [3.05, 3.63) is 59.7 Å². The molecule has 0 aromatic heterocycles. The van der Waals surface area contributed by atoms with Gasteiger partial charge in [-0.25, -0.2) is 4.79 Å². The van der Waals surface area contributed by atoms with Gasteiger partial charge in [0.1, 0.15) is 0 Å². The minimum Gasteiger partial charge on any atom is -0.481 e. The summed E-state index contributed by atoms with van der Waals surface area (Å²) in [7, 11) is 0. The van der Waals surface area contributed by atoms with Crippen molar-refractivity contribution in [3.63, 3.8) is 0 Å². The van der Waals surface area contributed by atoms with E-state index in [2.05, 4.69) is 35.6 Å². The summed E-state index contributed by atoms with van der Waals surface area (Å²) in [6, 6.07) is 11.3. The molecule has 1 heterocycles. The van der Waals surface area contributed by atoms with Gasteiger partial charge in [-0.3, -0.25) is 4.79 Å². The van der Waals surface area contributed by atoms with Gasteiger partial charge in [0, 0.05) is 11.6 Å². The second kappa shape index (κ2) is 8.62. The molecule has 0 amide bonds. The second-order valence-electron chi connectivity index (χ2n) is 6.67. The molecule has 1 aromatic rings. The van der Waals surface area contributed by atoms with E-state index >= 15 is 0 Å². The molecule has 0 saturated carbocycles. The van der Waals surface area contributed by atoms with Crippen LogP contribution in [0.3, 0.4) is 0 Å². The fraction of sp³-hybridized carbons (Fsp3) is 0.400. The van der Waals surface area contributed by atoms with E-state index in [1.807, 2.05) is 0 Å². The Morgan fingerprint density at radius 1 is 1.16 bits per heavy atom. The van der Waals surface area contributed by atoms with E-state index in [1.54, 1.807) is 0 Å². The number of nitrogens with one attached hydrogen (secondary N) is 1. The minimum absolute atomic E-state index is 0.0359. The van der Waals surface area contributed by atoms with Gasteiger partial charge in [0.15, 0.2) is 0 Å². The Hall–Kier alpha value is -2.40. The molecular formula is C20H25NO4. The fourth-order valence-corrected chi connectivity index (χ4v) is 3.01. The number of hydrogen-bond donors (Lipinski definition) is 3. The molecule has 0 bridgehead atoms. The van der Waals surface area contributed by atoms with Crippen LogP contribution in [0.2, 0.25) is 0 Å². The van der Waals surface area contributed by atoms with Crippen LogP contribution in [0.15, 0.2) is 54.1 Å². The van der Waals surface area contributed by atoms with Crippen LogP contribution < -0.4 is 5.32 Å². The van der Waals surface area contributed by atoms with Crippen molar-refractivity contribution >= 4 is 11.9 Å². The van der Waals surface area contributed by atoms with E-state index in [-0.39, 0.29) is 12.0 Å². The highest BCUT2D eigenvalue weighted by Gasteiger charge is 2.34. The third kappa shape index (κ3) is 5.29. The smallest absolute Gasteiger partial charge is 0.331 e. The molecule has 1 saturated heterocycles. The zero-order valence-electron chi connectivity index (χ0n) is 14.4. The first-order chi connectivity index (χ1) is 11.9. The van der Waals surface area contributed by atoms with E-state index in [4.69, 9.17) is 10.2 Å². The highest BCUT2D eigenvalue weighted by atomic mass is 16.4. The molecule has 3 rings (SSSR count). The Morgan fingerprint density at radius 3 is 2.44 bits per heavy atom. The van der Waals surface area contributed by atoms with Crippen molar-refractivity contribution in [2.45, 2.75) is 38.6 Å². The van der Waals surface area contributed by atoms with E-state index in [9.17, 15) is 9.59 Å². The average molecular weight is 343 g/mol. The molecule has 25 heavy (non-hydrogen) atoms. The zero-order valence-corrected chi connectivity index (χ0v) is 14.4. The topological polar surface area (TPSA) is 86.6 Å². The summed E-state index contributed by atoms with van der Waals surface area (Å²) >= 11 is 0. The van der Waals surface area contributed by atoms with Gasteiger partial charge in [-0.1, -0.05) is 55.0 Å². The molecule has 0 radical (unpaired) electrons. The quantitative estimate of drug-likeness (QED) is 0.781. The monoisotopic (exact) mass is 343 g/mol. The average Bonchev–Trinajstić information content (AvgIpc) is 2.64. The molecule has 1 aliphatic carbocycles. The molecule has 2 atom stereocenters. The lowest BCUT2D eigenvalue weighted by atomic mass is 9.80. The van der Waals surface area contributed by atoms with E-state index < -0.39 is 17.4 Å². The van der Waals surface area contributed by atoms with E-state index in [0.29, 0.717) is 6.04 Å². The molecule has 5 nitrogen and oxygen atoms in total. The summed E-state index contributed by atoms with van der Waals surface area (Å²) in [4.78, 5) is 21.3. The van der Waals surface area contributed by atoms with Gasteiger partial charge in [-0.2, -0.15) is 0 Å². The van der Waals surface area contributed by atoms with Gasteiger partial charge in [-0.05, 0) is 38.3 Å². The summed E-state index contributed by atoms with van der Waals surface area (Å²) in [5.41, 5.74) is 0.493. The van der Waals surface area contributed by atoms with Gasteiger partial charge < -0.3 is 15.5 Å². The summed E-state index contributed by atoms with van der Waals surface area (Å²) in [6.07, 6.45) is 8.43. The highest BCUT2D eigenvalue weighted by molar-refractivity contribution is 5.90. The van der Waals surface area contributed by atoms with Crippen molar-refractivity contribution in [2.24, 2.45) is 5.41 Å². The maximum atomic E-state index is 10.8. The molecule has 5 heteroatoms. The number of carbonyl (C=O) groups is 2. The number of carboxylic acids is 2. The lowest BCUT2D eigenvalue weighted by molar-refractivity contribution is -0.145. The number of allylic oxidation sites excluding steroid dienone is 2. The van der Waals surface area contributed by atoms with Crippen LogP contribution in [0.5, 0.6) is 0 Å². The molecule has 0 spiro atoms. The van der Waals surface area contributed by atoms with Crippen molar-refractivity contribution in [2.75, 3.05) is 6.54 Å². The molecule has 3 N–H and O–H groups in total. The maximum Gasteiger partial charge on any atom is 0.331 e. The fourth-order valence-electron chi connectivity index (χ4n) is 3.01. The van der Waals surface area contributed by atoms with Gasteiger partial charge in [0.2, 0.25) is 0 Å². The summed E-state index contributed by atoms with van der Waals surface area (Å²) in [5, 5.41) is 21.0. The molecule has 1 aliphatic heterocycles. The van der Waals surface area contributed by atoms with Gasteiger partial charge >= 0.3 is 11.9 Å². The number of benzene rings is 1. The number of rotatable bonds is 3. The predicted molar refractivity (Wildman–Crippen MR) is 96.3 cm³/mol. The van der Waals surface area contributed by atoms with Crippen molar-refractivity contribution in [1.29, 1.82) is 0 Å². The first-order valence-corrected chi connectivity index (χ1v) is 8.56. The second-order valence-corrected chi connectivity index (χ2v) is 6.67. The van der Waals surface area contributed by atoms with Crippen LogP contribution in [0, 0.1) is 5.41 Å². The largest absolute Gasteiger partial charge is 0.481 e. The van der Waals surface area contributed by atoms with Crippen LogP contribution in [0.1, 0.15) is 44.2 Å². The molecular weight excluding hydrogens is 318 g/mol. The Balaban J connectivity index is 0.000000181. The van der Waals surface area contributed by atoms with Gasteiger partial charge in [0.25, 0.3) is 0 Å². The van der Waals surface area contributed by atoms with Crippen LogP contribution in [-0.4, -0.2) is 28.7 Å². The SMILES string of the molecule is C[C@]1(C(=O)O)C=CC=C(C(=O)O)C1.c1ccc(C2CCCCN2)cc1. The van der Waals surface area contributed by atoms with E-state index in [1.165, 1.54) is 56.5 Å². The van der Waals surface area contributed by atoms with Crippen LogP contribution in [-0.2, 0) is 9.59 Å². The minimum atomic E-state index is -1.08. The standard InChI is InChI=1S/C11H15N.C9H10O4/c1-2-6-10(7-3-1)11-8-4-5-9-12-11;1-9(8(12)13)4-2-3-6(5-9)7(10)11/h1-3,6-7,11-12H,4-5,8-9H2;2-4H,5H2,1H3,(H,10,11)(H,12,13)/t;9-/m.0/s1. The van der Waals surface area contributed by atoms with Crippen LogP contribution in [0.4, 0.5) is 0 Å². The zero-order chi connectivity index (χ0) is 18.3. The number of aliphatic carboxylic acids is 2. The van der Waals surface area contributed by atoms with Gasteiger partial charge in [0.05, 0.1) is 5.41 Å².